The zero-order valence-corrected chi connectivity index (χ0v) is 18.0. The van der Waals surface area contributed by atoms with E-state index in [1.54, 1.807) is 23.3 Å². The lowest BCUT2D eigenvalue weighted by molar-refractivity contribution is -0.119. The topological polar surface area (TPSA) is 55.6 Å². The first kappa shape index (κ1) is 20.4. The minimum atomic E-state index is 0.00000283. The molecule has 1 fully saturated rings. The number of carbonyl (C=O) groups excluding carboxylic acids is 1. The lowest BCUT2D eigenvalue weighted by atomic mass is 10.2. The molecule has 0 unspecified atom stereocenters. The molecule has 0 spiro atoms. The molecule has 152 valence electrons. The summed E-state index contributed by atoms with van der Waals surface area (Å²) in [5, 5.41) is 3.66. The highest BCUT2D eigenvalue weighted by molar-refractivity contribution is 7.14. The van der Waals surface area contributed by atoms with Crippen LogP contribution in [0.2, 0.25) is 10.0 Å². The van der Waals surface area contributed by atoms with Gasteiger partial charge in [-0.2, -0.15) is 0 Å². The first-order valence-electron chi connectivity index (χ1n) is 9.45. The van der Waals surface area contributed by atoms with E-state index in [1.807, 2.05) is 23.6 Å². The van der Waals surface area contributed by atoms with Crippen LogP contribution in [-0.4, -0.2) is 30.1 Å². The molecule has 0 radical (unpaired) electrons. The maximum absolute atomic E-state index is 13.0. The number of furan rings is 1. The summed E-state index contributed by atoms with van der Waals surface area (Å²) in [5.41, 5.74) is 1.52. The molecule has 3 aromatic rings. The number of halogens is 2. The fourth-order valence-corrected chi connectivity index (χ4v) is 4.66. The van der Waals surface area contributed by atoms with Crippen LogP contribution in [0.5, 0.6) is 0 Å². The molecule has 0 N–H and O–H groups in total. The molecule has 29 heavy (non-hydrogen) atoms. The highest BCUT2D eigenvalue weighted by atomic mass is 35.5. The highest BCUT2D eigenvalue weighted by Gasteiger charge is 2.26. The standard InChI is InChI=1S/C21H20Cl2N2O3S/c22-14-5-7-17(18(23)11-14)19-13-29-21(24-19)25(12-16-4-2-10-28-16)20(26)8-6-15-3-1-9-27-15/h1,3,5,7,9,11,13,16H,2,4,6,8,10,12H2/t16-/m0/s1. The highest BCUT2D eigenvalue weighted by Crippen LogP contribution is 2.34. The number of anilines is 1. The molecule has 1 aliphatic heterocycles. The van der Waals surface area contributed by atoms with E-state index in [2.05, 4.69) is 0 Å². The Morgan fingerprint density at radius 2 is 2.21 bits per heavy atom. The van der Waals surface area contributed by atoms with Gasteiger partial charge in [-0.15, -0.1) is 11.3 Å². The molecule has 1 aromatic carbocycles. The second-order valence-electron chi connectivity index (χ2n) is 6.86. The van der Waals surface area contributed by atoms with Gasteiger partial charge in [0, 0.05) is 35.4 Å². The third-order valence-corrected chi connectivity index (χ3v) is 6.22. The van der Waals surface area contributed by atoms with Gasteiger partial charge < -0.3 is 9.15 Å². The Bertz CT molecular complexity index is 968. The summed E-state index contributed by atoms with van der Waals surface area (Å²) >= 11 is 13.7. The third kappa shape index (κ3) is 5.01. The van der Waals surface area contributed by atoms with Gasteiger partial charge in [0.05, 0.1) is 29.6 Å². The number of rotatable bonds is 7. The van der Waals surface area contributed by atoms with Crippen molar-refractivity contribution in [1.82, 2.24) is 4.98 Å². The summed E-state index contributed by atoms with van der Waals surface area (Å²) in [6.45, 7) is 1.24. The number of benzene rings is 1. The fourth-order valence-electron chi connectivity index (χ4n) is 3.31. The van der Waals surface area contributed by atoms with Gasteiger partial charge in [0.25, 0.3) is 0 Å². The zero-order chi connectivity index (χ0) is 20.2. The maximum atomic E-state index is 13.0. The molecule has 1 aliphatic rings. The largest absolute Gasteiger partial charge is 0.469 e. The Kier molecular flexibility index (Phi) is 6.55. The van der Waals surface area contributed by atoms with E-state index in [1.165, 1.54) is 11.3 Å². The molecule has 1 saturated heterocycles. The van der Waals surface area contributed by atoms with Crippen LogP contribution in [0.4, 0.5) is 5.13 Å². The lowest BCUT2D eigenvalue weighted by Gasteiger charge is -2.23. The summed E-state index contributed by atoms with van der Waals surface area (Å²) in [7, 11) is 0. The van der Waals surface area contributed by atoms with E-state index in [0.717, 1.165) is 36.5 Å². The molecule has 8 heteroatoms. The van der Waals surface area contributed by atoms with Crippen LogP contribution in [0, 0.1) is 0 Å². The van der Waals surface area contributed by atoms with Crippen molar-refractivity contribution in [3.8, 4) is 11.3 Å². The average molecular weight is 451 g/mol. The van der Waals surface area contributed by atoms with Crippen molar-refractivity contribution >= 4 is 45.6 Å². The van der Waals surface area contributed by atoms with Crippen LogP contribution in [0.15, 0.2) is 46.4 Å². The number of thiazole rings is 1. The molecule has 1 amide bonds. The Hall–Kier alpha value is -1.86. The summed E-state index contributed by atoms with van der Waals surface area (Å²) in [4.78, 5) is 19.5. The monoisotopic (exact) mass is 450 g/mol. The molecule has 0 bridgehead atoms. The van der Waals surface area contributed by atoms with Gasteiger partial charge in [-0.05, 0) is 43.2 Å². The summed E-state index contributed by atoms with van der Waals surface area (Å²) in [6, 6.07) is 9.01. The fraction of sp³-hybridized carbons (Fsp3) is 0.333. The molecule has 2 aromatic heterocycles. The van der Waals surface area contributed by atoms with Crippen molar-refractivity contribution in [2.45, 2.75) is 31.8 Å². The molecule has 4 rings (SSSR count). The Balaban J connectivity index is 1.55. The molecule has 0 aliphatic carbocycles. The number of ether oxygens (including phenoxy) is 1. The quantitative estimate of drug-likeness (QED) is 0.452. The molecule has 5 nitrogen and oxygen atoms in total. The van der Waals surface area contributed by atoms with Gasteiger partial charge in [-0.25, -0.2) is 4.98 Å². The van der Waals surface area contributed by atoms with Crippen molar-refractivity contribution in [3.05, 3.63) is 57.8 Å². The second kappa shape index (κ2) is 9.30. The lowest BCUT2D eigenvalue weighted by Crippen LogP contribution is -2.37. The van der Waals surface area contributed by atoms with Gasteiger partial charge in [0.1, 0.15) is 5.76 Å². The smallest absolute Gasteiger partial charge is 0.229 e. The minimum Gasteiger partial charge on any atom is -0.469 e. The first-order chi connectivity index (χ1) is 14.1. The van der Waals surface area contributed by atoms with Gasteiger partial charge in [-0.3, -0.25) is 9.69 Å². The number of nitrogens with zero attached hydrogens (tertiary/aromatic N) is 2. The van der Waals surface area contributed by atoms with Crippen molar-refractivity contribution in [3.63, 3.8) is 0 Å². The zero-order valence-electron chi connectivity index (χ0n) is 15.6. The van der Waals surface area contributed by atoms with Crippen LogP contribution in [0.3, 0.4) is 0 Å². The van der Waals surface area contributed by atoms with E-state index >= 15 is 0 Å². The summed E-state index contributed by atoms with van der Waals surface area (Å²) in [6.07, 6.45) is 4.51. The van der Waals surface area contributed by atoms with Crippen molar-refractivity contribution in [2.75, 3.05) is 18.1 Å². The van der Waals surface area contributed by atoms with Crippen LogP contribution in [0.1, 0.15) is 25.0 Å². The SMILES string of the molecule is O=C(CCc1ccco1)N(C[C@@H]1CCCO1)c1nc(-c2ccc(Cl)cc2Cl)cs1. The number of carbonyl (C=O) groups is 1. The summed E-state index contributed by atoms with van der Waals surface area (Å²) in [5.74, 6) is 0.795. The Labute approximate surface area is 183 Å². The number of aromatic nitrogens is 1. The van der Waals surface area contributed by atoms with Crippen LogP contribution >= 0.6 is 34.5 Å². The average Bonchev–Trinajstić information content (AvgIpc) is 3.47. The number of hydrogen-bond acceptors (Lipinski definition) is 5. The predicted molar refractivity (Wildman–Crippen MR) is 116 cm³/mol. The second-order valence-corrected chi connectivity index (χ2v) is 8.54. The van der Waals surface area contributed by atoms with Gasteiger partial charge in [0.2, 0.25) is 5.91 Å². The maximum Gasteiger partial charge on any atom is 0.229 e. The molecular weight excluding hydrogens is 431 g/mol. The number of hydrogen-bond donors (Lipinski definition) is 0. The van der Waals surface area contributed by atoms with Gasteiger partial charge in [-0.1, -0.05) is 23.2 Å². The van der Waals surface area contributed by atoms with E-state index in [9.17, 15) is 4.79 Å². The van der Waals surface area contributed by atoms with Gasteiger partial charge in [0.15, 0.2) is 5.13 Å². The number of aryl methyl sites for hydroxylation is 1. The molecular formula is C21H20Cl2N2O3S. The van der Waals surface area contributed by atoms with E-state index in [-0.39, 0.29) is 12.0 Å². The van der Waals surface area contributed by atoms with Crippen molar-refractivity contribution in [1.29, 1.82) is 0 Å². The van der Waals surface area contributed by atoms with Crippen LogP contribution in [-0.2, 0) is 16.0 Å². The summed E-state index contributed by atoms with van der Waals surface area (Å²) < 4.78 is 11.1. The molecule has 0 saturated carbocycles. The van der Waals surface area contributed by atoms with E-state index < -0.39 is 0 Å². The Morgan fingerprint density at radius 1 is 1.31 bits per heavy atom. The van der Waals surface area contributed by atoms with E-state index in [4.69, 9.17) is 37.3 Å². The number of amides is 1. The van der Waals surface area contributed by atoms with Crippen molar-refractivity contribution in [2.24, 2.45) is 0 Å². The normalized spacial score (nSPS) is 16.3. The third-order valence-electron chi connectivity index (χ3n) is 4.81. The van der Waals surface area contributed by atoms with E-state index in [0.29, 0.717) is 34.6 Å². The first-order valence-corrected chi connectivity index (χ1v) is 11.1. The molecule has 3 heterocycles. The van der Waals surface area contributed by atoms with Crippen molar-refractivity contribution < 1.29 is 13.9 Å². The minimum absolute atomic E-state index is 0.00000283. The Morgan fingerprint density at radius 3 is 2.93 bits per heavy atom. The van der Waals surface area contributed by atoms with Crippen LogP contribution < -0.4 is 4.90 Å². The van der Waals surface area contributed by atoms with Crippen LogP contribution in [0.25, 0.3) is 11.3 Å². The molecule has 1 atom stereocenters. The predicted octanol–water partition coefficient (Wildman–Crippen LogP) is 5.85. The van der Waals surface area contributed by atoms with Gasteiger partial charge >= 0.3 is 0 Å².